The van der Waals surface area contributed by atoms with Gasteiger partial charge in [0.05, 0.1) is 6.04 Å². The Hall–Kier alpha value is -1.39. The van der Waals surface area contributed by atoms with Gasteiger partial charge in [-0.25, -0.2) is 0 Å². The molecular weight excluding hydrogens is 304 g/mol. The molecule has 1 amide bonds. The summed E-state index contributed by atoms with van der Waals surface area (Å²) in [6.45, 7) is 3.87. The van der Waals surface area contributed by atoms with E-state index in [1.165, 1.54) is 0 Å². The van der Waals surface area contributed by atoms with Gasteiger partial charge in [0.2, 0.25) is 5.91 Å². The normalized spacial score (nSPS) is 12.7. The van der Waals surface area contributed by atoms with Crippen molar-refractivity contribution in [2.75, 3.05) is 5.32 Å². The number of benzene rings is 2. The maximum atomic E-state index is 12.0. The highest BCUT2D eigenvalue weighted by Crippen LogP contribution is 2.30. The first-order valence-electron chi connectivity index (χ1n) is 6.24. The van der Waals surface area contributed by atoms with Crippen molar-refractivity contribution >= 4 is 38.3 Å². The van der Waals surface area contributed by atoms with E-state index in [0.717, 1.165) is 20.9 Å². The molecule has 3 N–H and O–H groups in total. The second kappa shape index (κ2) is 5.72. The maximum absolute atomic E-state index is 12.0. The number of hydrogen-bond acceptors (Lipinski definition) is 2. The van der Waals surface area contributed by atoms with Crippen LogP contribution in [-0.2, 0) is 4.79 Å². The molecule has 2 aromatic rings. The molecule has 100 valence electrons. The molecule has 0 aliphatic rings. The van der Waals surface area contributed by atoms with Crippen molar-refractivity contribution in [2.45, 2.75) is 19.9 Å². The van der Waals surface area contributed by atoms with Gasteiger partial charge in [-0.05, 0) is 23.4 Å². The van der Waals surface area contributed by atoms with Crippen molar-refractivity contribution in [1.29, 1.82) is 0 Å². The third kappa shape index (κ3) is 2.96. The van der Waals surface area contributed by atoms with Crippen LogP contribution in [0.15, 0.2) is 40.9 Å². The lowest BCUT2D eigenvalue weighted by atomic mass is 10.0. The van der Waals surface area contributed by atoms with Crippen LogP contribution < -0.4 is 11.1 Å². The number of rotatable bonds is 3. The molecule has 0 heterocycles. The first-order valence-corrected chi connectivity index (χ1v) is 7.03. The van der Waals surface area contributed by atoms with Gasteiger partial charge in [0.15, 0.2) is 0 Å². The zero-order valence-corrected chi connectivity index (χ0v) is 12.6. The van der Waals surface area contributed by atoms with Gasteiger partial charge in [0, 0.05) is 15.5 Å². The molecule has 0 radical (unpaired) electrons. The van der Waals surface area contributed by atoms with Crippen molar-refractivity contribution in [1.82, 2.24) is 0 Å². The summed E-state index contributed by atoms with van der Waals surface area (Å²) in [5, 5.41) is 4.98. The highest BCUT2D eigenvalue weighted by atomic mass is 79.9. The van der Waals surface area contributed by atoms with Gasteiger partial charge in [-0.3, -0.25) is 4.79 Å². The van der Waals surface area contributed by atoms with Gasteiger partial charge in [0.25, 0.3) is 0 Å². The van der Waals surface area contributed by atoms with Gasteiger partial charge in [0.1, 0.15) is 0 Å². The molecule has 0 unspecified atom stereocenters. The van der Waals surface area contributed by atoms with Crippen LogP contribution in [0.25, 0.3) is 10.8 Å². The summed E-state index contributed by atoms with van der Waals surface area (Å²) in [5.74, 6) is -0.0378. The summed E-state index contributed by atoms with van der Waals surface area (Å²) in [5.41, 5.74) is 6.65. The molecule has 2 aromatic carbocycles. The summed E-state index contributed by atoms with van der Waals surface area (Å²) in [6, 6.07) is 11.2. The number of carbonyl (C=O) groups excluding carboxylic acids is 1. The average Bonchev–Trinajstić information content (AvgIpc) is 2.41. The summed E-state index contributed by atoms with van der Waals surface area (Å²) in [6.07, 6.45) is 0. The SMILES string of the molecule is CC(C)[C@@H](N)C(=O)Nc1ccc(Br)c2ccccc12. The van der Waals surface area contributed by atoms with Gasteiger partial charge in [-0.15, -0.1) is 0 Å². The van der Waals surface area contributed by atoms with Crippen LogP contribution in [-0.4, -0.2) is 11.9 Å². The van der Waals surface area contributed by atoms with Crippen molar-refractivity contribution in [3.63, 3.8) is 0 Å². The van der Waals surface area contributed by atoms with E-state index in [-0.39, 0.29) is 11.8 Å². The molecule has 0 spiro atoms. The minimum Gasteiger partial charge on any atom is -0.324 e. The predicted octanol–water partition coefficient (Wildman–Crippen LogP) is 3.52. The first kappa shape index (κ1) is 14.0. The number of nitrogens with one attached hydrogen (secondary N) is 1. The Morgan fingerprint density at radius 3 is 2.42 bits per heavy atom. The largest absolute Gasteiger partial charge is 0.324 e. The molecule has 0 bridgehead atoms. The fraction of sp³-hybridized carbons (Fsp3) is 0.267. The van der Waals surface area contributed by atoms with Crippen LogP contribution in [0.2, 0.25) is 0 Å². The summed E-state index contributed by atoms with van der Waals surface area (Å²) in [4.78, 5) is 12.0. The number of hydrogen-bond donors (Lipinski definition) is 2. The number of carbonyl (C=O) groups is 1. The predicted molar refractivity (Wildman–Crippen MR) is 83.1 cm³/mol. The van der Waals surface area contributed by atoms with Crippen LogP contribution in [0.1, 0.15) is 13.8 Å². The average molecular weight is 321 g/mol. The van der Waals surface area contributed by atoms with Gasteiger partial charge >= 0.3 is 0 Å². The maximum Gasteiger partial charge on any atom is 0.241 e. The lowest BCUT2D eigenvalue weighted by molar-refractivity contribution is -0.118. The third-order valence-electron chi connectivity index (χ3n) is 3.15. The van der Waals surface area contributed by atoms with Crippen molar-refractivity contribution in [2.24, 2.45) is 11.7 Å². The molecule has 0 aliphatic heterocycles. The van der Waals surface area contributed by atoms with Crippen molar-refractivity contribution in [3.05, 3.63) is 40.9 Å². The Bertz CT molecular complexity index is 610. The molecule has 0 saturated carbocycles. The Kier molecular flexibility index (Phi) is 4.22. The third-order valence-corrected chi connectivity index (χ3v) is 3.84. The van der Waals surface area contributed by atoms with E-state index in [2.05, 4.69) is 21.2 Å². The van der Waals surface area contributed by atoms with E-state index in [0.29, 0.717) is 0 Å². The molecule has 2 rings (SSSR count). The molecular formula is C15H17BrN2O. The molecule has 19 heavy (non-hydrogen) atoms. The smallest absolute Gasteiger partial charge is 0.241 e. The number of anilines is 1. The van der Waals surface area contributed by atoms with Gasteiger partial charge in [-0.1, -0.05) is 54.0 Å². The molecule has 0 fully saturated rings. The molecule has 1 atom stereocenters. The first-order chi connectivity index (χ1) is 9.00. The van der Waals surface area contributed by atoms with Crippen molar-refractivity contribution in [3.8, 4) is 0 Å². The fourth-order valence-electron chi connectivity index (χ4n) is 1.89. The Morgan fingerprint density at radius 1 is 1.16 bits per heavy atom. The Labute approximate surface area is 121 Å². The van der Waals surface area contributed by atoms with Crippen LogP contribution in [0.5, 0.6) is 0 Å². The van der Waals surface area contributed by atoms with E-state index in [9.17, 15) is 4.79 Å². The van der Waals surface area contributed by atoms with E-state index < -0.39 is 6.04 Å². The molecule has 3 nitrogen and oxygen atoms in total. The van der Waals surface area contributed by atoms with E-state index in [4.69, 9.17) is 5.73 Å². The second-order valence-electron chi connectivity index (χ2n) is 4.90. The summed E-state index contributed by atoms with van der Waals surface area (Å²) < 4.78 is 1.01. The Morgan fingerprint density at radius 2 is 1.79 bits per heavy atom. The highest BCUT2D eigenvalue weighted by Gasteiger charge is 2.18. The molecule has 0 aromatic heterocycles. The van der Waals surface area contributed by atoms with Crippen molar-refractivity contribution < 1.29 is 4.79 Å². The molecule has 4 heteroatoms. The second-order valence-corrected chi connectivity index (χ2v) is 5.75. The van der Waals surface area contributed by atoms with Crippen LogP contribution >= 0.6 is 15.9 Å². The topological polar surface area (TPSA) is 55.1 Å². The standard InChI is InChI=1S/C15H17BrN2O/c1-9(2)14(17)15(19)18-13-8-7-12(16)10-5-3-4-6-11(10)13/h3-9,14H,17H2,1-2H3,(H,18,19)/t14-/m1/s1. The minimum absolute atomic E-state index is 0.113. The number of halogens is 1. The van der Waals surface area contributed by atoms with Gasteiger partial charge < -0.3 is 11.1 Å². The Balaban J connectivity index is 2.36. The zero-order chi connectivity index (χ0) is 14.0. The zero-order valence-electron chi connectivity index (χ0n) is 11.0. The number of nitrogens with two attached hydrogens (primary N) is 1. The molecule has 0 aliphatic carbocycles. The van der Waals surface area contributed by atoms with Crippen LogP contribution in [0, 0.1) is 5.92 Å². The monoisotopic (exact) mass is 320 g/mol. The number of amides is 1. The van der Waals surface area contributed by atoms with Crippen LogP contribution in [0.3, 0.4) is 0 Å². The van der Waals surface area contributed by atoms with Crippen LogP contribution in [0.4, 0.5) is 5.69 Å². The van der Waals surface area contributed by atoms with E-state index >= 15 is 0 Å². The molecule has 0 saturated heterocycles. The summed E-state index contributed by atoms with van der Waals surface area (Å²) in [7, 11) is 0. The lowest BCUT2D eigenvalue weighted by Gasteiger charge is -2.16. The quantitative estimate of drug-likeness (QED) is 0.909. The summed E-state index contributed by atoms with van der Waals surface area (Å²) >= 11 is 3.51. The number of fused-ring (bicyclic) bond motifs is 1. The minimum atomic E-state index is -0.498. The highest BCUT2D eigenvalue weighted by molar-refractivity contribution is 9.10. The lowest BCUT2D eigenvalue weighted by Crippen LogP contribution is -2.39. The van der Waals surface area contributed by atoms with E-state index in [1.54, 1.807) is 0 Å². The fourth-order valence-corrected chi connectivity index (χ4v) is 2.37. The van der Waals surface area contributed by atoms with E-state index in [1.807, 2.05) is 50.2 Å². The van der Waals surface area contributed by atoms with Gasteiger partial charge in [-0.2, -0.15) is 0 Å².